The molecular weight excluding hydrogens is 272 g/mol. The van der Waals surface area contributed by atoms with E-state index in [1.165, 1.54) is 56.9 Å². The Hall–Kier alpha value is -1.32. The molecule has 1 aromatic heterocycles. The second-order valence-electron chi connectivity index (χ2n) is 6.67. The Balaban J connectivity index is 1.92. The number of nitrogens with zero attached hydrogens (tertiary/aromatic N) is 2. The van der Waals surface area contributed by atoms with Crippen molar-refractivity contribution in [3.8, 4) is 0 Å². The maximum absolute atomic E-state index is 5.82. The lowest BCUT2D eigenvalue weighted by Gasteiger charge is -2.21. The Labute approximate surface area is 135 Å². The minimum atomic E-state index is 0.382. The van der Waals surface area contributed by atoms with Crippen LogP contribution >= 0.6 is 0 Å². The average Bonchev–Trinajstić information content (AvgIpc) is 2.51. The first kappa shape index (κ1) is 17.0. The standard InChI is InChI=1S/C18H32N4/c1-3-4-13-20-17-16(14(2)21-18(19)22-17)12-8-11-15-9-6-5-7-10-15/h15H,3-13H2,1-2H3,(H3,19,20,21,22). The van der Waals surface area contributed by atoms with Gasteiger partial charge < -0.3 is 11.1 Å². The van der Waals surface area contributed by atoms with E-state index >= 15 is 0 Å². The number of nitrogens with two attached hydrogens (primary N) is 1. The zero-order valence-electron chi connectivity index (χ0n) is 14.3. The Bertz CT molecular complexity index is 453. The van der Waals surface area contributed by atoms with E-state index in [1.54, 1.807) is 0 Å². The summed E-state index contributed by atoms with van der Waals surface area (Å²) in [5.74, 6) is 2.29. The molecule has 1 aromatic rings. The molecule has 0 atom stereocenters. The third-order valence-corrected chi connectivity index (χ3v) is 4.82. The van der Waals surface area contributed by atoms with Gasteiger partial charge >= 0.3 is 0 Å². The van der Waals surface area contributed by atoms with Crippen molar-refractivity contribution < 1.29 is 0 Å². The SMILES string of the molecule is CCCCNc1nc(N)nc(C)c1CCCC1CCCCC1. The van der Waals surface area contributed by atoms with Crippen LogP contribution in [-0.4, -0.2) is 16.5 Å². The molecule has 1 aliphatic rings. The number of aryl methyl sites for hydroxylation is 1. The molecule has 0 aromatic carbocycles. The number of anilines is 2. The van der Waals surface area contributed by atoms with E-state index in [-0.39, 0.29) is 0 Å². The lowest BCUT2D eigenvalue weighted by molar-refractivity contribution is 0.332. The molecule has 0 aliphatic heterocycles. The molecule has 4 nitrogen and oxygen atoms in total. The molecule has 0 amide bonds. The Morgan fingerprint density at radius 2 is 1.91 bits per heavy atom. The summed E-state index contributed by atoms with van der Waals surface area (Å²) in [6.07, 6.45) is 13.1. The van der Waals surface area contributed by atoms with Crippen molar-refractivity contribution >= 4 is 11.8 Å². The van der Waals surface area contributed by atoms with Crippen LogP contribution in [-0.2, 0) is 6.42 Å². The van der Waals surface area contributed by atoms with Crippen LogP contribution in [0, 0.1) is 12.8 Å². The second-order valence-corrected chi connectivity index (χ2v) is 6.67. The normalized spacial score (nSPS) is 15.9. The van der Waals surface area contributed by atoms with Gasteiger partial charge in [0.05, 0.1) is 0 Å². The van der Waals surface area contributed by atoms with Gasteiger partial charge in [-0.2, -0.15) is 4.98 Å². The zero-order chi connectivity index (χ0) is 15.8. The van der Waals surface area contributed by atoms with Gasteiger partial charge in [0.15, 0.2) is 0 Å². The van der Waals surface area contributed by atoms with Gasteiger partial charge in [-0.25, -0.2) is 4.98 Å². The van der Waals surface area contributed by atoms with Crippen LogP contribution in [0.4, 0.5) is 11.8 Å². The number of nitrogen functional groups attached to an aromatic ring is 1. The number of hydrogen-bond acceptors (Lipinski definition) is 4. The van der Waals surface area contributed by atoms with Crippen molar-refractivity contribution in [2.45, 2.75) is 78.1 Å². The fraction of sp³-hybridized carbons (Fsp3) is 0.778. The summed E-state index contributed by atoms with van der Waals surface area (Å²) in [6, 6.07) is 0. The lowest BCUT2D eigenvalue weighted by Crippen LogP contribution is -2.12. The highest BCUT2D eigenvalue weighted by molar-refractivity contribution is 5.49. The highest BCUT2D eigenvalue weighted by Gasteiger charge is 2.15. The predicted molar refractivity (Wildman–Crippen MR) is 94.1 cm³/mol. The number of rotatable bonds is 8. The quantitative estimate of drug-likeness (QED) is 0.695. The summed E-state index contributed by atoms with van der Waals surface area (Å²) < 4.78 is 0. The van der Waals surface area contributed by atoms with Gasteiger partial charge in [0.2, 0.25) is 5.95 Å². The van der Waals surface area contributed by atoms with Crippen LogP contribution in [0.25, 0.3) is 0 Å². The second kappa shape index (κ2) is 8.96. The molecule has 22 heavy (non-hydrogen) atoms. The van der Waals surface area contributed by atoms with E-state index in [9.17, 15) is 0 Å². The van der Waals surface area contributed by atoms with Gasteiger partial charge in [0, 0.05) is 17.8 Å². The molecule has 2 rings (SSSR count). The van der Waals surface area contributed by atoms with Gasteiger partial charge in [-0.15, -0.1) is 0 Å². The van der Waals surface area contributed by atoms with Crippen LogP contribution in [0.3, 0.4) is 0 Å². The smallest absolute Gasteiger partial charge is 0.222 e. The summed E-state index contributed by atoms with van der Waals surface area (Å²) in [7, 11) is 0. The Morgan fingerprint density at radius 3 is 2.64 bits per heavy atom. The first-order valence-electron chi connectivity index (χ1n) is 9.07. The van der Waals surface area contributed by atoms with Crippen molar-refractivity contribution in [3.05, 3.63) is 11.3 Å². The predicted octanol–water partition coefficient (Wildman–Crippen LogP) is 4.48. The molecular formula is C18H32N4. The summed E-state index contributed by atoms with van der Waals surface area (Å²) in [5, 5.41) is 3.45. The van der Waals surface area contributed by atoms with Crippen LogP contribution < -0.4 is 11.1 Å². The first-order chi connectivity index (χ1) is 10.7. The largest absolute Gasteiger partial charge is 0.370 e. The number of hydrogen-bond donors (Lipinski definition) is 2. The molecule has 1 fully saturated rings. The van der Waals surface area contributed by atoms with Gasteiger partial charge in [-0.1, -0.05) is 51.9 Å². The highest BCUT2D eigenvalue weighted by Crippen LogP contribution is 2.28. The number of nitrogens with one attached hydrogen (secondary N) is 1. The first-order valence-corrected chi connectivity index (χ1v) is 9.07. The topological polar surface area (TPSA) is 63.8 Å². The number of unbranched alkanes of at least 4 members (excludes halogenated alkanes) is 1. The van der Waals surface area contributed by atoms with Gasteiger partial charge in [-0.05, 0) is 32.1 Å². The summed E-state index contributed by atoms with van der Waals surface area (Å²) in [4.78, 5) is 8.78. The third-order valence-electron chi connectivity index (χ3n) is 4.82. The third kappa shape index (κ3) is 5.15. The molecule has 124 valence electrons. The van der Waals surface area contributed by atoms with E-state index in [2.05, 4.69) is 29.1 Å². The van der Waals surface area contributed by atoms with E-state index < -0.39 is 0 Å². The monoisotopic (exact) mass is 304 g/mol. The molecule has 4 heteroatoms. The van der Waals surface area contributed by atoms with E-state index in [0.717, 1.165) is 36.8 Å². The van der Waals surface area contributed by atoms with Crippen molar-refractivity contribution in [1.82, 2.24) is 9.97 Å². The Kier molecular flexibility index (Phi) is 6.94. The van der Waals surface area contributed by atoms with E-state index in [0.29, 0.717) is 5.95 Å². The van der Waals surface area contributed by atoms with Crippen molar-refractivity contribution in [3.63, 3.8) is 0 Å². The van der Waals surface area contributed by atoms with Crippen molar-refractivity contribution in [1.29, 1.82) is 0 Å². The minimum absolute atomic E-state index is 0.382. The molecule has 0 radical (unpaired) electrons. The van der Waals surface area contributed by atoms with Gasteiger partial charge in [-0.3, -0.25) is 0 Å². The van der Waals surface area contributed by atoms with Crippen LogP contribution in [0.15, 0.2) is 0 Å². The molecule has 1 heterocycles. The Morgan fingerprint density at radius 1 is 1.14 bits per heavy atom. The summed E-state index contributed by atoms with van der Waals surface area (Å²) >= 11 is 0. The minimum Gasteiger partial charge on any atom is -0.370 e. The van der Waals surface area contributed by atoms with Crippen molar-refractivity contribution in [2.24, 2.45) is 5.92 Å². The summed E-state index contributed by atoms with van der Waals surface area (Å²) in [6.45, 7) is 5.22. The molecule has 0 spiro atoms. The lowest BCUT2D eigenvalue weighted by atomic mass is 9.85. The maximum atomic E-state index is 5.82. The van der Waals surface area contributed by atoms with Crippen LogP contribution in [0.2, 0.25) is 0 Å². The fourth-order valence-electron chi connectivity index (χ4n) is 3.49. The fourth-order valence-corrected chi connectivity index (χ4v) is 3.49. The van der Waals surface area contributed by atoms with Crippen molar-refractivity contribution in [2.75, 3.05) is 17.6 Å². The van der Waals surface area contributed by atoms with Gasteiger partial charge in [0.1, 0.15) is 5.82 Å². The summed E-state index contributed by atoms with van der Waals surface area (Å²) in [5.41, 5.74) is 8.12. The molecule has 0 bridgehead atoms. The average molecular weight is 304 g/mol. The molecule has 3 N–H and O–H groups in total. The molecule has 1 saturated carbocycles. The molecule has 0 unspecified atom stereocenters. The van der Waals surface area contributed by atoms with Crippen LogP contribution in [0.1, 0.15) is 76.0 Å². The number of aromatic nitrogens is 2. The van der Waals surface area contributed by atoms with E-state index in [4.69, 9.17) is 5.73 Å². The highest BCUT2D eigenvalue weighted by atomic mass is 15.1. The van der Waals surface area contributed by atoms with Crippen LogP contribution in [0.5, 0.6) is 0 Å². The molecule has 1 aliphatic carbocycles. The molecule has 0 saturated heterocycles. The van der Waals surface area contributed by atoms with Gasteiger partial charge in [0.25, 0.3) is 0 Å². The van der Waals surface area contributed by atoms with E-state index in [1.807, 2.05) is 0 Å². The maximum Gasteiger partial charge on any atom is 0.222 e. The zero-order valence-corrected chi connectivity index (χ0v) is 14.3.